The summed E-state index contributed by atoms with van der Waals surface area (Å²) in [5.74, 6) is -0.155. The molecular formula is C16H19N3O. The van der Waals surface area contributed by atoms with Gasteiger partial charge in [0.1, 0.15) is 0 Å². The van der Waals surface area contributed by atoms with Crippen molar-refractivity contribution in [2.45, 2.75) is 20.8 Å². The first kappa shape index (κ1) is 14.1. The second kappa shape index (κ2) is 6.19. The summed E-state index contributed by atoms with van der Waals surface area (Å²) in [6.07, 6.45) is 3.25. The van der Waals surface area contributed by atoms with E-state index in [9.17, 15) is 4.79 Å². The third kappa shape index (κ3) is 3.15. The van der Waals surface area contributed by atoms with Crippen LogP contribution in [-0.2, 0) is 0 Å². The highest BCUT2D eigenvalue weighted by atomic mass is 16.1. The number of nitrogens with one attached hydrogen (secondary N) is 2. The van der Waals surface area contributed by atoms with Gasteiger partial charge in [-0.3, -0.25) is 9.78 Å². The summed E-state index contributed by atoms with van der Waals surface area (Å²) in [5.41, 5.74) is 4.50. The van der Waals surface area contributed by atoms with Crippen LogP contribution in [0.2, 0.25) is 0 Å². The molecule has 1 aromatic carbocycles. The standard InChI is InChI=1S/C16H19N3O/c1-4-18-15-7-8-17-10-14(15)16(20)19-13-6-5-11(2)12(3)9-13/h5-10H,4H2,1-3H3,(H,17,18)(H,19,20). The van der Waals surface area contributed by atoms with Crippen molar-refractivity contribution in [1.82, 2.24) is 4.98 Å². The Morgan fingerprint density at radius 3 is 2.70 bits per heavy atom. The van der Waals surface area contributed by atoms with E-state index in [0.717, 1.165) is 23.5 Å². The van der Waals surface area contributed by atoms with Gasteiger partial charge in [0.2, 0.25) is 0 Å². The molecule has 0 bridgehead atoms. The summed E-state index contributed by atoms with van der Waals surface area (Å²) in [6.45, 7) is 6.82. The number of hydrogen-bond donors (Lipinski definition) is 2. The Morgan fingerprint density at radius 2 is 2.00 bits per heavy atom. The Labute approximate surface area is 119 Å². The first-order valence-electron chi connectivity index (χ1n) is 6.68. The fourth-order valence-electron chi connectivity index (χ4n) is 1.94. The van der Waals surface area contributed by atoms with Gasteiger partial charge in [0.15, 0.2) is 0 Å². The Hall–Kier alpha value is -2.36. The van der Waals surface area contributed by atoms with Crippen molar-refractivity contribution >= 4 is 17.3 Å². The van der Waals surface area contributed by atoms with Crippen molar-refractivity contribution in [3.63, 3.8) is 0 Å². The fourth-order valence-corrected chi connectivity index (χ4v) is 1.94. The van der Waals surface area contributed by atoms with Gasteiger partial charge in [-0.1, -0.05) is 6.07 Å². The van der Waals surface area contributed by atoms with Crippen LogP contribution in [0.15, 0.2) is 36.7 Å². The molecule has 0 aliphatic rings. The maximum atomic E-state index is 12.3. The van der Waals surface area contributed by atoms with Crippen LogP contribution in [0, 0.1) is 13.8 Å². The van der Waals surface area contributed by atoms with Crippen molar-refractivity contribution < 1.29 is 4.79 Å². The topological polar surface area (TPSA) is 54.0 Å². The van der Waals surface area contributed by atoms with Crippen LogP contribution in [0.3, 0.4) is 0 Å². The quantitative estimate of drug-likeness (QED) is 0.894. The second-order valence-electron chi connectivity index (χ2n) is 4.70. The molecule has 4 nitrogen and oxygen atoms in total. The number of anilines is 2. The molecule has 1 aromatic heterocycles. The van der Waals surface area contributed by atoms with Gasteiger partial charge in [-0.2, -0.15) is 0 Å². The average Bonchev–Trinajstić information content (AvgIpc) is 2.44. The highest BCUT2D eigenvalue weighted by Crippen LogP contribution is 2.18. The number of benzene rings is 1. The summed E-state index contributed by atoms with van der Waals surface area (Å²) >= 11 is 0. The summed E-state index contributed by atoms with van der Waals surface area (Å²) in [6, 6.07) is 7.68. The third-order valence-corrected chi connectivity index (χ3v) is 3.20. The fraction of sp³-hybridized carbons (Fsp3) is 0.250. The van der Waals surface area contributed by atoms with Crippen molar-refractivity contribution in [2.24, 2.45) is 0 Å². The number of amides is 1. The highest BCUT2D eigenvalue weighted by Gasteiger charge is 2.11. The highest BCUT2D eigenvalue weighted by molar-refractivity contribution is 6.07. The smallest absolute Gasteiger partial charge is 0.259 e. The zero-order chi connectivity index (χ0) is 14.5. The summed E-state index contributed by atoms with van der Waals surface area (Å²) in [4.78, 5) is 16.3. The van der Waals surface area contributed by atoms with E-state index >= 15 is 0 Å². The molecule has 1 heterocycles. The lowest BCUT2D eigenvalue weighted by Gasteiger charge is -2.11. The molecule has 0 aliphatic heterocycles. The minimum absolute atomic E-state index is 0.155. The summed E-state index contributed by atoms with van der Waals surface area (Å²) in [5, 5.41) is 6.07. The van der Waals surface area contributed by atoms with Crippen molar-refractivity contribution in [3.8, 4) is 0 Å². The lowest BCUT2D eigenvalue weighted by molar-refractivity contribution is 0.102. The van der Waals surface area contributed by atoms with Crippen LogP contribution < -0.4 is 10.6 Å². The van der Waals surface area contributed by atoms with Gasteiger partial charge < -0.3 is 10.6 Å². The molecule has 2 aromatic rings. The van der Waals surface area contributed by atoms with Gasteiger partial charge in [0.25, 0.3) is 5.91 Å². The Kier molecular flexibility index (Phi) is 4.35. The molecule has 104 valence electrons. The van der Waals surface area contributed by atoms with Crippen LogP contribution in [0.1, 0.15) is 28.4 Å². The number of carbonyl (C=O) groups excluding carboxylic acids is 1. The molecule has 1 amide bonds. The Morgan fingerprint density at radius 1 is 1.20 bits per heavy atom. The minimum Gasteiger partial charge on any atom is -0.385 e. The lowest BCUT2D eigenvalue weighted by atomic mass is 10.1. The summed E-state index contributed by atoms with van der Waals surface area (Å²) in [7, 11) is 0. The molecule has 0 saturated heterocycles. The van der Waals surface area contributed by atoms with Crippen LogP contribution in [0.25, 0.3) is 0 Å². The van der Waals surface area contributed by atoms with Crippen LogP contribution >= 0.6 is 0 Å². The van der Waals surface area contributed by atoms with Gasteiger partial charge in [0, 0.05) is 24.6 Å². The zero-order valence-electron chi connectivity index (χ0n) is 12.0. The molecule has 0 saturated carbocycles. The van der Waals surface area contributed by atoms with Crippen LogP contribution in [0.5, 0.6) is 0 Å². The van der Waals surface area contributed by atoms with Gasteiger partial charge in [-0.05, 0) is 50.1 Å². The van der Waals surface area contributed by atoms with Gasteiger partial charge in [-0.25, -0.2) is 0 Å². The molecule has 4 heteroatoms. The van der Waals surface area contributed by atoms with Crippen molar-refractivity contribution in [1.29, 1.82) is 0 Å². The molecule has 0 atom stereocenters. The Balaban J connectivity index is 2.21. The molecule has 0 unspecified atom stereocenters. The van der Waals surface area contributed by atoms with Crippen LogP contribution in [0.4, 0.5) is 11.4 Å². The van der Waals surface area contributed by atoms with E-state index in [1.807, 2.05) is 39.0 Å². The molecule has 0 spiro atoms. The second-order valence-corrected chi connectivity index (χ2v) is 4.70. The third-order valence-electron chi connectivity index (χ3n) is 3.20. The first-order chi connectivity index (χ1) is 9.61. The van der Waals surface area contributed by atoms with E-state index in [1.54, 1.807) is 18.5 Å². The number of pyridine rings is 1. The maximum Gasteiger partial charge on any atom is 0.259 e. The average molecular weight is 269 g/mol. The van der Waals surface area contributed by atoms with Gasteiger partial charge in [0.05, 0.1) is 11.3 Å². The number of carbonyl (C=O) groups is 1. The van der Waals surface area contributed by atoms with E-state index in [0.29, 0.717) is 5.56 Å². The number of hydrogen-bond acceptors (Lipinski definition) is 3. The molecule has 0 fully saturated rings. The van der Waals surface area contributed by atoms with E-state index in [2.05, 4.69) is 15.6 Å². The SMILES string of the molecule is CCNc1ccncc1C(=O)Nc1ccc(C)c(C)c1. The number of aryl methyl sites for hydroxylation is 2. The van der Waals surface area contributed by atoms with E-state index < -0.39 is 0 Å². The Bertz CT molecular complexity index is 623. The minimum atomic E-state index is -0.155. The predicted octanol–water partition coefficient (Wildman–Crippen LogP) is 3.38. The van der Waals surface area contributed by atoms with Crippen LogP contribution in [-0.4, -0.2) is 17.4 Å². The predicted molar refractivity (Wildman–Crippen MR) is 82.3 cm³/mol. The van der Waals surface area contributed by atoms with E-state index in [-0.39, 0.29) is 5.91 Å². The van der Waals surface area contributed by atoms with E-state index in [1.165, 1.54) is 5.56 Å². The lowest BCUT2D eigenvalue weighted by Crippen LogP contribution is -2.15. The molecule has 0 radical (unpaired) electrons. The van der Waals surface area contributed by atoms with E-state index in [4.69, 9.17) is 0 Å². The molecular weight excluding hydrogens is 250 g/mol. The maximum absolute atomic E-state index is 12.3. The number of aromatic nitrogens is 1. The van der Waals surface area contributed by atoms with Crippen molar-refractivity contribution in [2.75, 3.05) is 17.2 Å². The summed E-state index contributed by atoms with van der Waals surface area (Å²) < 4.78 is 0. The molecule has 20 heavy (non-hydrogen) atoms. The first-order valence-corrected chi connectivity index (χ1v) is 6.68. The van der Waals surface area contributed by atoms with Crippen molar-refractivity contribution in [3.05, 3.63) is 53.3 Å². The van der Waals surface area contributed by atoms with Gasteiger partial charge >= 0.3 is 0 Å². The number of rotatable bonds is 4. The molecule has 2 N–H and O–H groups in total. The zero-order valence-corrected chi connectivity index (χ0v) is 12.0. The number of nitrogens with zero attached hydrogens (tertiary/aromatic N) is 1. The van der Waals surface area contributed by atoms with Gasteiger partial charge in [-0.15, -0.1) is 0 Å². The molecule has 0 aliphatic carbocycles. The monoisotopic (exact) mass is 269 g/mol. The normalized spacial score (nSPS) is 10.2. The largest absolute Gasteiger partial charge is 0.385 e. The molecule has 2 rings (SSSR count).